The molecule has 128 valence electrons. The second-order valence-electron chi connectivity index (χ2n) is 6.09. The molecule has 0 spiro atoms. The van der Waals surface area contributed by atoms with Crippen LogP contribution in [0.3, 0.4) is 0 Å². The largest absolute Gasteiger partial charge is 0.375 e. The molecule has 0 fully saturated rings. The Balaban J connectivity index is 1.82. The molecule has 0 unspecified atom stereocenters. The molecule has 2 aromatic heterocycles. The standard InChI is InChI=1S/C18H17FN4OS/c1-18(2,15-10-25-17(20)23-15)16(24)22-14-6-5-11(8-13(14)19)12-4-3-7-21-9-12/h3-10H,1-2H3,(H2,20,23)(H,22,24). The number of thiazole rings is 1. The molecule has 3 aromatic rings. The first-order chi connectivity index (χ1) is 11.9. The molecule has 0 radical (unpaired) electrons. The van der Waals surface area contributed by atoms with E-state index in [4.69, 9.17) is 5.73 Å². The predicted molar refractivity (Wildman–Crippen MR) is 97.8 cm³/mol. The van der Waals surface area contributed by atoms with E-state index < -0.39 is 11.2 Å². The first-order valence-electron chi connectivity index (χ1n) is 7.61. The normalized spacial score (nSPS) is 11.3. The minimum Gasteiger partial charge on any atom is -0.375 e. The summed E-state index contributed by atoms with van der Waals surface area (Å²) in [6.07, 6.45) is 3.31. The third-order valence-corrected chi connectivity index (χ3v) is 4.62. The lowest BCUT2D eigenvalue weighted by atomic mass is 9.89. The van der Waals surface area contributed by atoms with E-state index in [0.717, 1.165) is 5.56 Å². The van der Waals surface area contributed by atoms with Crippen molar-refractivity contribution in [1.82, 2.24) is 9.97 Å². The molecule has 0 atom stereocenters. The smallest absolute Gasteiger partial charge is 0.236 e. The Morgan fingerprint density at radius 1 is 1.28 bits per heavy atom. The van der Waals surface area contributed by atoms with E-state index in [1.54, 1.807) is 49.8 Å². The fraction of sp³-hybridized carbons (Fsp3) is 0.167. The number of rotatable bonds is 4. The summed E-state index contributed by atoms with van der Waals surface area (Å²) in [7, 11) is 0. The number of aromatic nitrogens is 2. The topological polar surface area (TPSA) is 80.9 Å². The Labute approximate surface area is 148 Å². The summed E-state index contributed by atoms with van der Waals surface area (Å²) in [4.78, 5) is 20.8. The van der Waals surface area contributed by atoms with Crippen LogP contribution in [0.2, 0.25) is 0 Å². The summed E-state index contributed by atoms with van der Waals surface area (Å²) < 4.78 is 14.4. The Bertz CT molecular complexity index is 908. The lowest BCUT2D eigenvalue weighted by Crippen LogP contribution is -2.35. The summed E-state index contributed by atoms with van der Waals surface area (Å²) in [5.41, 5.74) is 6.87. The van der Waals surface area contributed by atoms with Gasteiger partial charge in [0.1, 0.15) is 5.82 Å². The van der Waals surface area contributed by atoms with Gasteiger partial charge in [-0.1, -0.05) is 12.1 Å². The van der Waals surface area contributed by atoms with Crippen molar-refractivity contribution in [2.45, 2.75) is 19.3 Å². The van der Waals surface area contributed by atoms with Gasteiger partial charge in [0.05, 0.1) is 16.8 Å². The highest BCUT2D eigenvalue weighted by atomic mass is 32.1. The molecular formula is C18H17FN4OS. The van der Waals surface area contributed by atoms with Gasteiger partial charge in [0, 0.05) is 23.3 Å². The van der Waals surface area contributed by atoms with Gasteiger partial charge >= 0.3 is 0 Å². The Morgan fingerprint density at radius 2 is 2.08 bits per heavy atom. The quantitative estimate of drug-likeness (QED) is 0.744. The fourth-order valence-electron chi connectivity index (χ4n) is 2.30. The van der Waals surface area contributed by atoms with Crippen LogP contribution in [0.1, 0.15) is 19.5 Å². The van der Waals surface area contributed by atoms with Gasteiger partial charge in [-0.3, -0.25) is 9.78 Å². The zero-order chi connectivity index (χ0) is 18.0. The number of halogens is 1. The molecule has 3 rings (SSSR count). The molecule has 2 heterocycles. The summed E-state index contributed by atoms with van der Waals surface area (Å²) in [5.74, 6) is -0.867. The minimum absolute atomic E-state index is 0.119. The highest BCUT2D eigenvalue weighted by molar-refractivity contribution is 7.13. The number of pyridine rings is 1. The monoisotopic (exact) mass is 356 g/mol. The number of nitrogens with two attached hydrogens (primary N) is 1. The molecule has 1 aromatic carbocycles. The molecule has 0 aliphatic heterocycles. The van der Waals surface area contributed by atoms with Crippen LogP contribution in [0.4, 0.5) is 15.2 Å². The van der Waals surface area contributed by atoms with Crippen molar-refractivity contribution in [1.29, 1.82) is 0 Å². The highest BCUT2D eigenvalue weighted by Crippen LogP contribution is 2.29. The molecule has 1 amide bonds. The van der Waals surface area contributed by atoms with Gasteiger partial charge in [-0.05, 0) is 37.6 Å². The van der Waals surface area contributed by atoms with Crippen molar-refractivity contribution >= 4 is 28.1 Å². The summed E-state index contributed by atoms with van der Waals surface area (Å²) >= 11 is 1.26. The van der Waals surface area contributed by atoms with Crippen LogP contribution in [0.15, 0.2) is 48.1 Å². The molecule has 0 aliphatic rings. The molecule has 5 nitrogen and oxygen atoms in total. The van der Waals surface area contributed by atoms with Crippen LogP contribution in [0.25, 0.3) is 11.1 Å². The third-order valence-electron chi connectivity index (χ3n) is 3.94. The average Bonchev–Trinajstić information content (AvgIpc) is 3.04. The third kappa shape index (κ3) is 3.51. The number of amides is 1. The number of nitrogens with zero attached hydrogens (tertiary/aromatic N) is 2. The van der Waals surface area contributed by atoms with Gasteiger partial charge in [-0.2, -0.15) is 0 Å². The van der Waals surface area contributed by atoms with Gasteiger partial charge < -0.3 is 11.1 Å². The van der Waals surface area contributed by atoms with Gasteiger partial charge in [0.15, 0.2) is 5.13 Å². The fourth-order valence-corrected chi connectivity index (χ4v) is 3.03. The molecule has 3 N–H and O–H groups in total. The number of nitrogen functional groups attached to an aromatic ring is 1. The van der Waals surface area contributed by atoms with Crippen molar-refractivity contribution in [2.75, 3.05) is 11.1 Å². The van der Waals surface area contributed by atoms with E-state index >= 15 is 0 Å². The SMILES string of the molecule is CC(C)(C(=O)Nc1ccc(-c2cccnc2)cc1F)c1csc(N)n1. The maximum atomic E-state index is 14.4. The number of benzene rings is 1. The highest BCUT2D eigenvalue weighted by Gasteiger charge is 2.32. The first-order valence-corrected chi connectivity index (χ1v) is 8.49. The second-order valence-corrected chi connectivity index (χ2v) is 6.98. The van der Waals surface area contributed by atoms with Gasteiger partial charge in [0.2, 0.25) is 5.91 Å². The Kier molecular flexibility index (Phi) is 4.50. The van der Waals surface area contributed by atoms with Crippen LogP contribution in [0.5, 0.6) is 0 Å². The number of carbonyl (C=O) groups excluding carboxylic acids is 1. The lowest BCUT2D eigenvalue weighted by molar-refractivity contribution is -0.120. The number of nitrogens with one attached hydrogen (secondary N) is 1. The van der Waals surface area contributed by atoms with E-state index in [0.29, 0.717) is 16.4 Å². The predicted octanol–water partition coefficient (Wildman–Crippen LogP) is 3.84. The number of anilines is 2. The molecule has 0 saturated carbocycles. The van der Waals surface area contributed by atoms with Crippen LogP contribution in [0, 0.1) is 5.82 Å². The van der Waals surface area contributed by atoms with Crippen molar-refractivity contribution in [3.05, 3.63) is 59.6 Å². The first kappa shape index (κ1) is 17.0. The number of carbonyl (C=O) groups is 1. The zero-order valence-electron chi connectivity index (χ0n) is 13.8. The van der Waals surface area contributed by atoms with E-state index in [9.17, 15) is 9.18 Å². The van der Waals surface area contributed by atoms with Crippen molar-refractivity contribution in [3.8, 4) is 11.1 Å². The molecule has 0 aliphatic carbocycles. The average molecular weight is 356 g/mol. The maximum Gasteiger partial charge on any atom is 0.236 e. The van der Waals surface area contributed by atoms with Crippen LogP contribution in [-0.4, -0.2) is 15.9 Å². The Morgan fingerprint density at radius 3 is 2.68 bits per heavy atom. The van der Waals surface area contributed by atoms with E-state index in [1.807, 2.05) is 6.07 Å². The molecule has 0 bridgehead atoms. The lowest BCUT2D eigenvalue weighted by Gasteiger charge is -2.21. The van der Waals surface area contributed by atoms with Crippen LogP contribution >= 0.6 is 11.3 Å². The molecule has 25 heavy (non-hydrogen) atoms. The molecular weight excluding hydrogens is 339 g/mol. The van der Waals surface area contributed by atoms with Gasteiger partial charge in [-0.25, -0.2) is 9.37 Å². The van der Waals surface area contributed by atoms with Crippen molar-refractivity contribution < 1.29 is 9.18 Å². The molecule has 7 heteroatoms. The van der Waals surface area contributed by atoms with Gasteiger partial charge in [-0.15, -0.1) is 11.3 Å². The van der Waals surface area contributed by atoms with E-state index in [1.165, 1.54) is 17.4 Å². The number of hydrogen-bond acceptors (Lipinski definition) is 5. The van der Waals surface area contributed by atoms with E-state index in [2.05, 4.69) is 15.3 Å². The summed E-state index contributed by atoms with van der Waals surface area (Å²) in [6, 6.07) is 8.28. The van der Waals surface area contributed by atoms with E-state index in [-0.39, 0.29) is 11.6 Å². The van der Waals surface area contributed by atoms with Crippen molar-refractivity contribution in [2.24, 2.45) is 0 Å². The van der Waals surface area contributed by atoms with Crippen LogP contribution in [-0.2, 0) is 10.2 Å². The number of hydrogen-bond donors (Lipinski definition) is 2. The maximum absolute atomic E-state index is 14.4. The molecule has 0 saturated heterocycles. The summed E-state index contributed by atoms with van der Waals surface area (Å²) in [6.45, 7) is 3.44. The van der Waals surface area contributed by atoms with Crippen molar-refractivity contribution in [3.63, 3.8) is 0 Å². The van der Waals surface area contributed by atoms with Gasteiger partial charge in [0.25, 0.3) is 0 Å². The Hall–Kier alpha value is -2.80. The second kappa shape index (κ2) is 6.60. The summed E-state index contributed by atoms with van der Waals surface area (Å²) in [5, 5.41) is 4.76. The minimum atomic E-state index is -0.928. The zero-order valence-corrected chi connectivity index (χ0v) is 14.6. The van der Waals surface area contributed by atoms with Crippen LogP contribution < -0.4 is 11.1 Å².